The summed E-state index contributed by atoms with van der Waals surface area (Å²) in [7, 11) is 0. The molecule has 2 rings (SSSR count). The summed E-state index contributed by atoms with van der Waals surface area (Å²) in [5, 5.41) is 0.284. The molecule has 1 aromatic carbocycles. The SMILES string of the molecule is CCn1ccnc1CC(=O)Cc1c(F)cccc1Cl. The number of aryl methyl sites for hydroxylation is 1. The minimum Gasteiger partial charge on any atom is -0.335 e. The molecule has 0 aliphatic rings. The van der Waals surface area contributed by atoms with Gasteiger partial charge in [-0.15, -0.1) is 0 Å². The first-order valence-corrected chi connectivity index (χ1v) is 6.44. The van der Waals surface area contributed by atoms with E-state index < -0.39 is 5.82 Å². The van der Waals surface area contributed by atoms with Crippen LogP contribution >= 0.6 is 11.6 Å². The average Bonchev–Trinajstić information content (AvgIpc) is 2.81. The van der Waals surface area contributed by atoms with Gasteiger partial charge in [-0.05, 0) is 19.1 Å². The first-order valence-electron chi connectivity index (χ1n) is 6.06. The number of rotatable bonds is 5. The zero-order valence-corrected chi connectivity index (χ0v) is 11.3. The molecule has 0 aliphatic carbocycles. The van der Waals surface area contributed by atoms with Crippen LogP contribution in [0.4, 0.5) is 4.39 Å². The lowest BCUT2D eigenvalue weighted by Crippen LogP contribution is -2.12. The lowest BCUT2D eigenvalue weighted by molar-refractivity contribution is -0.118. The molecule has 1 aromatic heterocycles. The second-order valence-electron chi connectivity index (χ2n) is 4.22. The van der Waals surface area contributed by atoms with Crippen molar-refractivity contribution in [2.45, 2.75) is 26.3 Å². The first-order chi connectivity index (χ1) is 9.11. The van der Waals surface area contributed by atoms with Gasteiger partial charge < -0.3 is 4.57 Å². The van der Waals surface area contributed by atoms with Crippen molar-refractivity contribution < 1.29 is 9.18 Å². The Labute approximate surface area is 116 Å². The predicted octanol–water partition coefficient (Wildman–Crippen LogP) is 3.05. The third-order valence-electron chi connectivity index (χ3n) is 2.93. The van der Waals surface area contributed by atoms with E-state index >= 15 is 0 Å². The van der Waals surface area contributed by atoms with Crippen molar-refractivity contribution in [2.75, 3.05) is 0 Å². The lowest BCUT2D eigenvalue weighted by atomic mass is 10.1. The van der Waals surface area contributed by atoms with E-state index in [-0.39, 0.29) is 29.2 Å². The normalized spacial score (nSPS) is 10.7. The number of hydrogen-bond acceptors (Lipinski definition) is 2. The highest BCUT2D eigenvalue weighted by atomic mass is 35.5. The Morgan fingerprint density at radius 1 is 1.42 bits per heavy atom. The summed E-state index contributed by atoms with van der Waals surface area (Å²) in [6.07, 6.45) is 3.65. The molecule has 0 saturated carbocycles. The number of Topliss-reactive ketones (excluding diaryl/α,β-unsaturated/α-hetero) is 1. The number of ketones is 1. The van der Waals surface area contributed by atoms with Crippen LogP contribution in [0.2, 0.25) is 5.02 Å². The van der Waals surface area contributed by atoms with Crippen molar-refractivity contribution in [2.24, 2.45) is 0 Å². The number of imidazole rings is 1. The molecule has 0 atom stereocenters. The highest BCUT2D eigenvalue weighted by Gasteiger charge is 2.14. The summed E-state index contributed by atoms with van der Waals surface area (Å²) in [4.78, 5) is 16.1. The molecule has 0 fully saturated rings. The monoisotopic (exact) mass is 280 g/mol. The fourth-order valence-electron chi connectivity index (χ4n) is 1.93. The molecule has 0 N–H and O–H groups in total. The van der Waals surface area contributed by atoms with E-state index in [1.165, 1.54) is 12.1 Å². The molecule has 0 saturated heterocycles. The number of hydrogen-bond donors (Lipinski definition) is 0. The van der Waals surface area contributed by atoms with E-state index in [0.717, 1.165) is 6.54 Å². The second kappa shape index (κ2) is 5.97. The molecule has 100 valence electrons. The smallest absolute Gasteiger partial charge is 0.144 e. The van der Waals surface area contributed by atoms with Crippen LogP contribution in [0.3, 0.4) is 0 Å². The van der Waals surface area contributed by atoms with Gasteiger partial charge in [0, 0.05) is 35.9 Å². The molecular weight excluding hydrogens is 267 g/mol. The molecule has 19 heavy (non-hydrogen) atoms. The zero-order chi connectivity index (χ0) is 13.8. The van der Waals surface area contributed by atoms with E-state index in [2.05, 4.69) is 4.98 Å². The molecule has 1 heterocycles. The number of halogens is 2. The Morgan fingerprint density at radius 3 is 2.89 bits per heavy atom. The maximum Gasteiger partial charge on any atom is 0.144 e. The molecule has 5 heteroatoms. The van der Waals surface area contributed by atoms with Gasteiger partial charge in [0.1, 0.15) is 17.4 Å². The van der Waals surface area contributed by atoms with Crippen LogP contribution in [-0.4, -0.2) is 15.3 Å². The fourth-order valence-corrected chi connectivity index (χ4v) is 2.16. The van der Waals surface area contributed by atoms with Crippen molar-refractivity contribution in [1.82, 2.24) is 9.55 Å². The summed E-state index contributed by atoms with van der Waals surface area (Å²) < 4.78 is 15.5. The van der Waals surface area contributed by atoms with Crippen LogP contribution in [0.15, 0.2) is 30.6 Å². The zero-order valence-electron chi connectivity index (χ0n) is 10.6. The summed E-state index contributed by atoms with van der Waals surface area (Å²) in [6, 6.07) is 4.41. The third kappa shape index (κ3) is 3.20. The van der Waals surface area contributed by atoms with E-state index in [1.807, 2.05) is 17.7 Å². The van der Waals surface area contributed by atoms with Crippen molar-refractivity contribution in [3.05, 3.63) is 52.8 Å². The van der Waals surface area contributed by atoms with Crippen LogP contribution in [0.1, 0.15) is 18.3 Å². The Hall–Kier alpha value is -1.68. The van der Waals surface area contributed by atoms with Crippen LogP contribution in [0.5, 0.6) is 0 Å². The van der Waals surface area contributed by atoms with Gasteiger partial charge in [-0.25, -0.2) is 9.37 Å². The Balaban J connectivity index is 2.10. The number of aromatic nitrogens is 2. The number of carbonyl (C=O) groups excluding carboxylic acids is 1. The van der Waals surface area contributed by atoms with Crippen molar-refractivity contribution in [1.29, 1.82) is 0 Å². The van der Waals surface area contributed by atoms with E-state index in [4.69, 9.17) is 11.6 Å². The first kappa shape index (κ1) is 13.7. The molecule has 0 bridgehead atoms. The quantitative estimate of drug-likeness (QED) is 0.844. The summed E-state index contributed by atoms with van der Waals surface area (Å²) in [5.41, 5.74) is 0.253. The van der Waals surface area contributed by atoms with E-state index in [1.54, 1.807) is 12.3 Å². The summed E-state index contributed by atoms with van der Waals surface area (Å²) in [6.45, 7) is 2.73. The van der Waals surface area contributed by atoms with Crippen molar-refractivity contribution >= 4 is 17.4 Å². The Morgan fingerprint density at radius 2 is 2.21 bits per heavy atom. The predicted molar refractivity (Wildman–Crippen MR) is 71.7 cm³/mol. The topological polar surface area (TPSA) is 34.9 Å². The Bertz CT molecular complexity index is 575. The van der Waals surface area contributed by atoms with Crippen molar-refractivity contribution in [3.63, 3.8) is 0 Å². The average molecular weight is 281 g/mol. The molecule has 0 radical (unpaired) electrons. The third-order valence-corrected chi connectivity index (χ3v) is 3.29. The summed E-state index contributed by atoms with van der Waals surface area (Å²) in [5.74, 6) is 0.146. The highest BCUT2D eigenvalue weighted by Crippen LogP contribution is 2.20. The van der Waals surface area contributed by atoms with Gasteiger partial charge in [-0.1, -0.05) is 17.7 Å². The maximum atomic E-state index is 13.6. The Kier molecular flexibility index (Phi) is 4.32. The highest BCUT2D eigenvalue weighted by molar-refractivity contribution is 6.31. The van der Waals surface area contributed by atoms with Crippen LogP contribution in [0, 0.1) is 5.82 Å². The van der Waals surface area contributed by atoms with Gasteiger partial charge in [-0.2, -0.15) is 0 Å². The fraction of sp³-hybridized carbons (Fsp3) is 0.286. The van der Waals surface area contributed by atoms with E-state index in [0.29, 0.717) is 5.82 Å². The van der Waals surface area contributed by atoms with Gasteiger partial charge in [0.25, 0.3) is 0 Å². The van der Waals surface area contributed by atoms with Gasteiger partial charge in [0.05, 0.1) is 6.42 Å². The minimum absolute atomic E-state index is 0.0118. The molecule has 0 unspecified atom stereocenters. The molecule has 0 aliphatic heterocycles. The van der Waals surface area contributed by atoms with E-state index in [9.17, 15) is 9.18 Å². The molecule has 2 aromatic rings. The molecule has 0 spiro atoms. The minimum atomic E-state index is -0.445. The largest absolute Gasteiger partial charge is 0.335 e. The van der Waals surface area contributed by atoms with Gasteiger partial charge in [0.2, 0.25) is 0 Å². The maximum absolute atomic E-state index is 13.6. The van der Waals surface area contributed by atoms with Crippen LogP contribution in [0.25, 0.3) is 0 Å². The van der Waals surface area contributed by atoms with Crippen LogP contribution in [-0.2, 0) is 24.2 Å². The molecular formula is C14H14ClFN2O. The summed E-state index contributed by atoms with van der Waals surface area (Å²) >= 11 is 5.90. The lowest BCUT2D eigenvalue weighted by Gasteiger charge is -2.06. The van der Waals surface area contributed by atoms with Gasteiger partial charge in [0.15, 0.2) is 0 Å². The number of carbonyl (C=O) groups is 1. The standard InChI is InChI=1S/C14H14ClFN2O/c1-2-18-7-6-17-14(18)9-10(19)8-11-12(15)4-3-5-13(11)16/h3-7H,2,8-9H2,1H3. The number of nitrogens with zero attached hydrogens (tertiary/aromatic N) is 2. The van der Waals surface area contributed by atoms with Crippen molar-refractivity contribution in [3.8, 4) is 0 Å². The number of benzene rings is 1. The van der Waals surface area contributed by atoms with Gasteiger partial charge in [-0.3, -0.25) is 4.79 Å². The molecule has 0 amide bonds. The molecule has 3 nitrogen and oxygen atoms in total. The second-order valence-corrected chi connectivity index (χ2v) is 4.63. The van der Waals surface area contributed by atoms with Gasteiger partial charge >= 0.3 is 0 Å². The van der Waals surface area contributed by atoms with Crippen LogP contribution < -0.4 is 0 Å².